The summed E-state index contributed by atoms with van der Waals surface area (Å²) >= 11 is 2.98. The summed E-state index contributed by atoms with van der Waals surface area (Å²) in [5.74, 6) is 1.14. The molecule has 0 unspecified atom stereocenters. The van der Waals surface area contributed by atoms with Gasteiger partial charge in [-0.1, -0.05) is 63.1 Å². The molecule has 6 heteroatoms. The van der Waals surface area contributed by atoms with E-state index in [0.717, 1.165) is 35.4 Å². The quantitative estimate of drug-likeness (QED) is 0.220. The van der Waals surface area contributed by atoms with E-state index in [2.05, 4.69) is 13.8 Å². The van der Waals surface area contributed by atoms with Crippen LogP contribution in [0, 0.1) is 0 Å². The van der Waals surface area contributed by atoms with Gasteiger partial charge in [0, 0.05) is 32.0 Å². The Labute approximate surface area is 220 Å². The largest absolute Gasteiger partial charge is 0.493 e. The third kappa shape index (κ3) is 3.97. The van der Waals surface area contributed by atoms with Gasteiger partial charge in [0.1, 0.15) is 11.5 Å². The first-order valence-electron chi connectivity index (χ1n) is 12.6. The van der Waals surface area contributed by atoms with Crippen LogP contribution in [0.15, 0.2) is 71.4 Å². The van der Waals surface area contributed by atoms with E-state index in [4.69, 9.17) is 9.47 Å². The molecule has 2 atom stereocenters. The highest BCUT2D eigenvalue weighted by Crippen LogP contribution is 2.59. The standard InChI is InChI=1S/C30H32O4S2/c1-3-5-17-33-23-15-16-24(34-18-6-4-2)28-27(23)29(31,25-13-9-19-35-25)21-11-7-8-12-22(21)30(28,32)26-14-10-20-36-26/h7-16,19-20,31-32H,3-6,17-18H2,1-2H3/t29-,30-/m1/s1. The fraction of sp³-hybridized carbons (Fsp3) is 0.333. The molecule has 1 aliphatic carbocycles. The predicted octanol–water partition coefficient (Wildman–Crippen LogP) is 7.05. The lowest BCUT2D eigenvalue weighted by Crippen LogP contribution is -2.44. The Morgan fingerprint density at radius 2 is 1.08 bits per heavy atom. The van der Waals surface area contributed by atoms with Crippen LogP contribution in [-0.2, 0) is 11.2 Å². The molecule has 2 N–H and O–H groups in total. The number of hydrogen-bond donors (Lipinski definition) is 2. The molecule has 5 rings (SSSR count). The third-order valence-electron chi connectivity index (χ3n) is 6.83. The Hall–Kier alpha value is -2.64. The van der Waals surface area contributed by atoms with Crippen LogP contribution in [0.5, 0.6) is 11.5 Å². The molecule has 0 amide bonds. The molecule has 0 spiro atoms. The first kappa shape index (κ1) is 25.0. The summed E-state index contributed by atoms with van der Waals surface area (Å²) < 4.78 is 12.7. The van der Waals surface area contributed by atoms with Crippen LogP contribution < -0.4 is 9.47 Å². The Balaban J connectivity index is 1.87. The fourth-order valence-corrected chi connectivity index (χ4v) is 6.73. The molecule has 4 aromatic rings. The van der Waals surface area contributed by atoms with Crippen LogP contribution in [0.2, 0.25) is 0 Å². The minimum Gasteiger partial charge on any atom is -0.493 e. The van der Waals surface area contributed by atoms with Gasteiger partial charge in [0.05, 0.1) is 13.2 Å². The summed E-state index contributed by atoms with van der Waals surface area (Å²) in [6.07, 6.45) is 3.79. The second-order valence-electron chi connectivity index (χ2n) is 9.14. The molecule has 36 heavy (non-hydrogen) atoms. The zero-order valence-corrected chi connectivity index (χ0v) is 22.3. The summed E-state index contributed by atoms with van der Waals surface area (Å²) in [5.41, 5.74) is -0.581. The lowest BCUT2D eigenvalue weighted by atomic mass is 9.66. The Bertz CT molecular complexity index is 1200. The van der Waals surface area contributed by atoms with E-state index in [1.807, 2.05) is 71.4 Å². The highest BCUT2D eigenvalue weighted by molar-refractivity contribution is 7.10. The normalized spacial score (nSPS) is 20.6. The van der Waals surface area contributed by atoms with Gasteiger partial charge in [0.15, 0.2) is 11.2 Å². The number of unbranched alkanes of at least 4 members (excludes halogenated alkanes) is 2. The molecule has 0 fully saturated rings. The Morgan fingerprint density at radius 3 is 1.44 bits per heavy atom. The highest BCUT2D eigenvalue weighted by atomic mass is 32.1. The monoisotopic (exact) mass is 520 g/mol. The molecule has 4 nitrogen and oxygen atoms in total. The molecule has 188 valence electrons. The van der Waals surface area contributed by atoms with Crippen molar-refractivity contribution in [1.29, 1.82) is 0 Å². The number of hydrogen-bond acceptors (Lipinski definition) is 6. The Morgan fingerprint density at radius 1 is 0.639 bits per heavy atom. The van der Waals surface area contributed by atoms with E-state index < -0.39 is 11.2 Å². The summed E-state index contributed by atoms with van der Waals surface area (Å²) in [4.78, 5) is 1.55. The first-order valence-corrected chi connectivity index (χ1v) is 14.4. The summed E-state index contributed by atoms with van der Waals surface area (Å²) in [6.45, 7) is 5.30. The molecule has 0 aliphatic heterocycles. The van der Waals surface area contributed by atoms with Crippen molar-refractivity contribution >= 4 is 22.7 Å². The van der Waals surface area contributed by atoms with Gasteiger partial charge in [-0.15, -0.1) is 22.7 Å². The molecule has 1 aliphatic rings. The maximum Gasteiger partial charge on any atom is 0.154 e. The highest BCUT2D eigenvalue weighted by Gasteiger charge is 2.55. The maximum atomic E-state index is 12.8. The predicted molar refractivity (Wildman–Crippen MR) is 147 cm³/mol. The summed E-state index contributed by atoms with van der Waals surface area (Å²) in [6, 6.07) is 19.2. The van der Waals surface area contributed by atoms with E-state index in [-0.39, 0.29) is 0 Å². The second kappa shape index (κ2) is 10.4. The SMILES string of the molecule is CCCCOc1ccc(OCCCC)c2c1[C@](O)(c1cccs1)c1ccccc1[C@@]2(O)c1cccs1. The zero-order valence-electron chi connectivity index (χ0n) is 20.7. The molecule has 0 bridgehead atoms. The van der Waals surface area contributed by atoms with Gasteiger partial charge in [0.2, 0.25) is 0 Å². The molecular formula is C30H32O4S2. The van der Waals surface area contributed by atoms with Crippen LogP contribution in [0.3, 0.4) is 0 Å². The van der Waals surface area contributed by atoms with Crippen LogP contribution in [0.1, 0.15) is 71.5 Å². The van der Waals surface area contributed by atoms with E-state index >= 15 is 0 Å². The number of thiophene rings is 2. The van der Waals surface area contributed by atoms with Crippen LogP contribution in [-0.4, -0.2) is 23.4 Å². The molecular weight excluding hydrogens is 488 g/mol. The number of ether oxygens (including phenoxy) is 2. The van der Waals surface area contributed by atoms with E-state index in [1.165, 1.54) is 22.7 Å². The first-order chi connectivity index (χ1) is 17.6. The lowest BCUT2D eigenvalue weighted by molar-refractivity contribution is 0.0722. The summed E-state index contributed by atoms with van der Waals surface area (Å²) in [7, 11) is 0. The molecule has 0 saturated heterocycles. The number of fused-ring (bicyclic) bond motifs is 2. The molecule has 0 radical (unpaired) electrons. The van der Waals surface area contributed by atoms with Gasteiger partial charge < -0.3 is 19.7 Å². The lowest BCUT2D eigenvalue weighted by Gasteiger charge is -2.45. The third-order valence-corrected chi connectivity index (χ3v) is 8.78. The minimum atomic E-state index is -1.50. The van der Waals surface area contributed by atoms with E-state index in [1.54, 1.807) is 0 Å². The van der Waals surface area contributed by atoms with Gasteiger partial charge in [-0.05, 0) is 47.9 Å². The smallest absolute Gasteiger partial charge is 0.154 e. The van der Waals surface area contributed by atoms with Crippen molar-refractivity contribution in [3.05, 3.63) is 103 Å². The van der Waals surface area contributed by atoms with Crippen molar-refractivity contribution in [2.75, 3.05) is 13.2 Å². The molecule has 2 aromatic carbocycles. The van der Waals surface area contributed by atoms with Gasteiger partial charge in [-0.2, -0.15) is 0 Å². The average Bonchev–Trinajstić information content (AvgIpc) is 3.63. The number of rotatable bonds is 10. The molecule has 2 aromatic heterocycles. The van der Waals surface area contributed by atoms with E-state index in [0.29, 0.717) is 47.0 Å². The van der Waals surface area contributed by atoms with Crippen LogP contribution in [0.4, 0.5) is 0 Å². The summed E-state index contributed by atoms with van der Waals surface area (Å²) in [5, 5.41) is 29.5. The topological polar surface area (TPSA) is 58.9 Å². The Kier molecular flexibility index (Phi) is 7.22. The van der Waals surface area contributed by atoms with Crippen molar-refractivity contribution < 1.29 is 19.7 Å². The average molecular weight is 521 g/mol. The van der Waals surface area contributed by atoms with Gasteiger partial charge in [-0.3, -0.25) is 0 Å². The van der Waals surface area contributed by atoms with Gasteiger partial charge in [-0.25, -0.2) is 0 Å². The van der Waals surface area contributed by atoms with Crippen molar-refractivity contribution in [1.82, 2.24) is 0 Å². The fourth-order valence-electron chi connectivity index (χ4n) is 5.04. The van der Waals surface area contributed by atoms with Crippen molar-refractivity contribution in [2.45, 2.75) is 50.7 Å². The zero-order chi connectivity index (χ0) is 25.2. The number of benzene rings is 2. The van der Waals surface area contributed by atoms with Gasteiger partial charge >= 0.3 is 0 Å². The minimum absolute atomic E-state index is 0.526. The van der Waals surface area contributed by atoms with Crippen molar-refractivity contribution in [3.63, 3.8) is 0 Å². The maximum absolute atomic E-state index is 12.8. The van der Waals surface area contributed by atoms with Crippen LogP contribution >= 0.6 is 22.7 Å². The second-order valence-corrected chi connectivity index (χ2v) is 11.0. The van der Waals surface area contributed by atoms with E-state index in [9.17, 15) is 10.2 Å². The van der Waals surface area contributed by atoms with Crippen molar-refractivity contribution in [2.24, 2.45) is 0 Å². The van der Waals surface area contributed by atoms with Gasteiger partial charge in [0.25, 0.3) is 0 Å². The molecule has 2 heterocycles. The van der Waals surface area contributed by atoms with Crippen LogP contribution in [0.25, 0.3) is 0 Å². The van der Waals surface area contributed by atoms with Crippen molar-refractivity contribution in [3.8, 4) is 11.5 Å². The molecule has 0 saturated carbocycles. The number of aliphatic hydroxyl groups is 2.